The molecule has 0 aliphatic heterocycles. The van der Waals surface area contributed by atoms with E-state index < -0.39 is 41.7 Å². The number of esters is 1. The lowest BCUT2D eigenvalue weighted by molar-refractivity contribution is -0.153. The largest absolute Gasteiger partial charge is 0.458 e. The molecule has 1 N–H and O–H groups in total. The third-order valence-corrected chi connectivity index (χ3v) is 7.43. The summed E-state index contributed by atoms with van der Waals surface area (Å²) in [6, 6.07) is 0. The lowest BCUT2D eigenvalue weighted by Crippen LogP contribution is -2.43. The van der Waals surface area contributed by atoms with E-state index in [4.69, 9.17) is 4.74 Å². The van der Waals surface area contributed by atoms with Crippen molar-refractivity contribution in [3.05, 3.63) is 21.7 Å². The summed E-state index contributed by atoms with van der Waals surface area (Å²) in [5, 5.41) is 13.2. The Hall–Kier alpha value is -1.86. The molecule has 4 atom stereocenters. The fourth-order valence-electron chi connectivity index (χ4n) is 3.78. The quantitative estimate of drug-likeness (QED) is 0.260. The summed E-state index contributed by atoms with van der Waals surface area (Å²) in [6.07, 6.45) is 2.70. The predicted molar refractivity (Wildman–Crippen MR) is 137 cm³/mol. The minimum absolute atomic E-state index is 0.114. The highest BCUT2D eigenvalue weighted by Gasteiger charge is 2.41. The van der Waals surface area contributed by atoms with Crippen LogP contribution in [-0.4, -0.2) is 39.8 Å². The van der Waals surface area contributed by atoms with Gasteiger partial charge in [0.25, 0.3) is 0 Å². The van der Waals surface area contributed by atoms with E-state index in [2.05, 4.69) is 18.8 Å². The van der Waals surface area contributed by atoms with Gasteiger partial charge >= 0.3 is 5.97 Å². The van der Waals surface area contributed by atoms with Gasteiger partial charge in [-0.25, -0.2) is 4.98 Å². The number of ether oxygens (including phenoxy) is 1. The number of aliphatic hydroxyl groups excluding tert-OH is 1. The Balaban J connectivity index is 2.95. The first-order chi connectivity index (χ1) is 15.7. The molecule has 192 valence electrons. The molecular weight excluding hydrogens is 450 g/mol. The molecule has 6 nitrogen and oxygen atoms in total. The number of hydrogen-bond donors (Lipinski definition) is 1. The van der Waals surface area contributed by atoms with Crippen LogP contribution in [0.25, 0.3) is 6.08 Å². The molecule has 0 aliphatic rings. The summed E-state index contributed by atoms with van der Waals surface area (Å²) in [5.41, 5.74) is 0.312. The number of aryl methyl sites for hydroxylation is 1. The molecule has 0 amide bonds. The number of ketones is 2. The molecule has 0 radical (unpaired) electrons. The first-order valence-corrected chi connectivity index (χ1v) is 13.1. The fraction of sp³-hybridized carbons (Fsp3) is 0.704. The average Bonchev–Trinajstić information content (AvgIpc) is 3.18. The molecule has 1 rings (SSSR count). The third-order valence-electron chi connectivity index (χ3n) is 6.64. The van der Waals surface area contributed by atoms with Gasteiger partial charge in [0.15, 0.2) is 11.6 Å². The Morgan fingerprint density at radius 3 is 2.29 bits per heavy atom. The van der Waals surface area contributed by atoms with Crippen LogP contribution >= 0.6 is 11.3 Å². The Kier molecular flexibility index (Phi) is 11.8. The van der Waals surface area contributed by atoms with E-state index in [1.54, 1.807) is 18.3 Å². The van der Waals surface area contributed by atoms with Gasteiger partial charge in [0.2, 0.25) is 0 Å². The molecule has 7 heteroatoms. The zero-order valence-electron chi connectivity index (χ0n) is 22.3. The molecule has 34 heavy (non-hydrogen) atoms. The average molecular weight is 494 g/mol. The van der Waals surface area contributed by atoms with Crippen LogP contribution in [0.3, 0.4) is 0 Å². The highest BCUT2D eigenvalue weighted by molar-refractivity contribution is 7.09. The number of aromatic nitrogens is 1. The molecule has 0 aromatic carbocycles. The summed E-state index contributed by atoms with van der Waals surface area (Å²) >= 11 is 1.56. The maximum Gasteiger partial charge on any atom is 0.313 e. The maximum atomic E-state index is 12.9. The van der Waals surface area contributed by atoms with Gasteiger partial charge in [0, 0.05) is 11.3 Å². The third kappa shape index (κ3) is 8.73. The van der Waals surface area contributed by atoms with Gasteiger partial charge in [-0.3, -0.25) is 14.4 Å². The maximum absolute atomic E-state index is 12.9. The van der Waals surface area contributed by atoms with Gasteiger partial charge in [-0.15, -0.1) is 11.3 Å². The lowest BCUT2D eigenvalue weighted by Gasteiger charge is -2.29. The Morgan fingerprint density at radius 1 is 1.18 bits per heavy atom. The summed E-state index contributed by atoms with van der Waals surface area (Å²) < 4.78 is 5.76. The van der Waals surface area contributed by atoms with E-state index in [1.807, 2.05) is 39.2 Å². The number of hydrogen-bond acceptors (Lipinski definition) is 7. The smallest absolute Gasteiger partial charge is 0.313 e. The molecule has 0 spiro atoms. The predicted octanol–water partition coefficient (Wildman–Crippen LogP) is 5.80. The van der Waals surface area contributed by atoms with Crippen LogP contribution in [0.2, 0.25) is 0 Å². The van der Waals surface area contributed by atoms with E-state index >= 15 is 0 Å². The van der Waals surface area contributed by atoms with Crippen molar-refractivity contribution < 1.29 is 24.2 Å². The van der Waals surface area contributed by atoms with Gasteiger partial charge < -0.3 is 9.84 Å². The van der Waals surface area contributed by atoms with Crippen LogP contribution in [0, 0.1) is 30.1 Å². The topological polar surface area (TPSA) is 93.6 Å². The van der Waals surface area contributed by atoms with E-state index in [1.165, 1.54) is 13.8 Å². The van der Waals surface area contributed by atoms with E-state index in [-0.39, 0.29) is 11.7 Å². The van der Waals surface area contributed by atoms with Crippen molar-refractivity contribution in [3.63, 3.8) is 0 Å². The molecule has 0 bridgehead atoms. The van der Waals surface area contributed by atoms with Crippen molar-refractivity contribution in [3.8, 4) is 0 Å². The lowest BCUT2D eigenvalue weighted by atomic mass is 9.74. The first kappa shape index (κ1) is 30.2. The Labute approximate surface area is 209 Å². The molecule has 1 heterocycles. The summed E-state index contributed by atoms with van der Waals surface area (Å²) in [5.74, 6) is -1.83. The number of aliphatic hydroxyl groups is 1. The number of carbonyl (C=O) groups is 3. The second kappa shape index (κ2) is 13.3. The standard InChI is InChI=1S/C27H43NO5S/c1-10-17(4)11-12-22(18(5)13-21-15-34-20(7)28-21)33-24(30)14-23(29)27(8,9)26(32)19(6)25(31)16(2)3/h13,15-17,19,22,25,31H,10-12,14H2,1-9H3/b18-13+/t17?,19?,22-,25-/m0/s1. The molecular formula is C27H43NO5S. The number of carbonyl (C=O) groups excluding carboxylic acids is 3. The molecule has 0 saturated carbocycles. The van der Waals surface area contributed by atoms with Crippen LogP contribution in [0.15, 0.2) is 11.0 Å². The molecule has 1 aromatic rings. The second-order valence-electron chi connectivity index (χ2n) is 10.4. The first-order valence-electron chi connectivity index (χ1n) is 12.3. The normalized spacial score (nSPS) is 16.1. The number of thiazole rings is 1. The summed E-state index contributed by atoms with van der Waals surface area (Å²) in [6.45, 7) is 16.4. The molecule has 1 aromatic heterocycles. The second-order valence-corrected chi connectivity index (χ2v) is 11.4. The zero-order valence-corrected chi connectivity index (χ0v) is 23.1. The zero-order chi connectivity index (χ0) is 26.2. The number of rotatable bonds is 14. The highest BCUT2D eigenvalue weighted by Crippen LogP contribution is 2.28. The molecule has 0 fully saturated rings. The van der Waals surface area contributed by atoms with Gasteiger partial charge in [-0.1, -0.05) is 41.0 Å². The van der Waals surface area contributed by atoms with Crippen molar-refractivity contribution in [1.82, 2.24) is 4.98 Å². The minimum Gasteiger partial charge on any atom is -0.458 e. The van der Waals surface area contributed by atoms with Crippen LogP contribution in [0.1, 0.15) is 91.8 Å². The van der Waals surface area contributed by atoms with Gasteiger partial charge in [0.1, 0.15) is 12.5 Å². The van der Waals surface area contributed by atoms with Crippen molar-refractivity contribution in [1.29, 1.82) is 0 Å². The van der Waals surface area contributed by atoms with Crippen molar-refractivity contribution in [2.45, 2.75) is 100 Å². The van der Waals surface area contributed by atoms with Crippen LogP contribution in [-0.2, 0) is 19.1 Å². The van der Waals surface area contributed by atoms with E-state index in [9.17, 15) is 19.5 Å². The monoisotopic (exact) mass is 493 g/mol. The SMILES string of the molecule is CCC(C)CC[C@H](OC(=O)CC(=O)C(C)(C)C(=O)C(C)[C@@H](O)C(C)C)/C(C)=C/c1csc(C)n1. The fourth-order valence-corrected chi connectivity index (χ4v) is 4.35. The van der Waals surface area contributed by atoms with Crippen LogP contribution in [0.5, 0.6) is 0 Å². The Bertz CT molecular complexity index is 870. The minimum atomic E-state index is -1.39. The van der Waals surface area contributed by atoms with Gasteiger partial charge in [0.05, 0.1) is 22.2 Å². The molecule has 0 aliphatic carbocycles. The molecule has 0 saturated heterocycles. The summed E-state index contributed by atoms with van der Waals surface area (Å²) in [4.78, 5) is 43.1. The van der Waals surface area contributed by atoms with Crippen LogP contribution < -0.4 is 0 Å². The Morgan fingerprint density at radius 2 is 1.79 bits per heavy atom. The van der Waals surface area contributed by atoms with Gasteiger partial charge in [-0.2, -0.15) is 0 Å². The number of Topliss-reactive ketones (excluding diaryl/α,β-unsaturated/α-hetero) is 2. The van der Waals surface area contributed by atoms with Gasteiger partial charge in [-0.05, 0) is 64.0 Å². The number of nitrogens with zero attached hydrogens (tertiary/aromatic N) is 1. The van der Waals surface area contributed by atoms with Crippen molar-refractivity contribution in [2.24, 2.45) is 23.2 Å². The van der Waals surface area contributed by atoms with Crippen molar-refractivity contribution in [2.75, 3.05) is 0 Å². The summed E-state index contributed by atoms with van der Waals surface area (Å²) in [7, 11) is 0. The van der Waals surface area contributed by atoms with Crippen molar-refractivity contribution >= 4 is 34.9 Å². The highest BCUT2D eigenvalue weighted by atomic mass is 32.1. The molecule has 2 unspecified atom stereocenters. The van der Waals surface area contributed by atoms with Crippen LogP contribution in [0.4, 0.5) is 0 Å². The van der Waals surface area contributed by atoms with E-state index in [0.29, 0.717) is 12.3 Å². The van der Waals surface area contributed by atoms with E-state index in [0.717, 1.165) is 29.1 Å².